The molecule has 8 rings (SSSR count). The number of anilines is 1. The zero-order valence-electron chi connectivity index (χ0n) is 38.9. The summed E-state index contributed by atoms with van der Waals surface area (Å²) < 4.78 is 23.4. The highest BCUT2D eigenvalue weighted by atomic mass is 16.5. The molecule has 5 aromatic heterocycles. The van der Waals surface area contributed by atoms with Gasteiger partial charge in [-0.1, -0.05) is 19.1 Å². The van der Waals surface area contributed by atoms with Crippen LogP contribution in [0.25, 0.3) is 44.5 Å². The number of aryl methyl sites for hydroxylation is 4. The summed E-state index contributed by atoms with van der Waals surface area (Å²) in [5.41, 5.74) is 10.4. The van der Waals surface area contributed by atoms with E-state index in [1.165, 1.54) is 24.2 Å². The van der Waals surface area contributed by atoms with Crippen molar-refractivity contribution in [2.24, 2.45) is 5.73 Å². The predicted octanol–water partition coefficient (Wildman–Crippen LogP) is 4.96. The van der Waals surface area contributed by atoms with E-state index in [-0.39, 0.29) is 61.4 Å². The monoisotopic (exact) mass is 938 g/mol. The number of rotatable bonds is 20. The topological polar surface area (TPSA) is 258 Å². The molecule has 0 saturated carbocycles. The summed E-state index contributed by atoms with van der Waals surface area (Å²) in [5, 5.41) is 8.80. The average Bonchev–Trinajstić information content (AvgIpc) is 4.16. The van der Waals surface area contributed by atoms with Gasteiger partial charge in [-0.3, -0.25) is 43.7 Å². The molecule has 1 aliphatic rings. The first-order valence-electron chi connectivity index (χ1n) is 22.3. The van der Waals surface area contributed by atoms with Gasteiger partial charge in [0.05, 0.1) is 36.1 Å². The molecule has 21 nitrogen and oxygen atoms in total. The zero-order valence-corrected chi connectivity index (χ0v) is 38.9. The molecule has 356 valence electrons. The molecule has 3 N–H and O–H groups in total. The van der Waals surface area contributed by atoms with Crippen LogP contribution in [0, 0.1) is 13.8 Å². The van der Waals surface area contributed by atoms with Crippen LogP contribution < -0.4 is 20.5 Å². The maximum absolute atomic E-state index is 13.8. The summed E-state index contributed by atoms with van der Waals surface area (Å²) in [4.78, 5) is 96.7. The van der Waals surface area contributed by atoms with Gasteiger partial charge in [0.25, 0.3) is 17.7 Å². The van der Waals surface area contributed by atoms with E-state index in [9.17, 15) is 28.8 Å². The molecule has 0 saturated heterocycles. The van der Waals surface area contributed by atoms with E-state index in [1.807, 2.05) is 48.2 Å². The quantitative estimate of drug-likeness (QED) is 0.0444. The van der Waals surface area contributed by atoms with Gasteiger partial charge in [-0.15, -0.1) is 0 Å². The highest BCUT2D eigenvalue weighted by Crippen LogP contribution is 2.37. The van der Waals surface area contributed by atoms with Gasteiger partial charge in [0, 0.05) is 93.4 Å². The Balaban J connectivity index is 1.12. The minimum Gasteiger partial charge on any atom is -0.495 e. The van der Waals surface area contributed by atoms with E-state index >= 15 is 0 Å². The van der Waals surface area contributed by atoms with E-state index in [0.29, 0.717) is 94.1 Å². The highest BCUT2D eigenvalue weighted by Gasteiger charge is 2.26. The standard InChI is InChI=1S/C48H50N12O9/c1-7-33-43(69-28(4)51-33)47(66)54-48-52-34-21-29(26-61)22-37(68-19-11-15-56(5)38(62)14-18-57-39(63)12-13-40(57)64)42(34)59(48)17-10-9-16-58-41-31(23-30(44(49)65)24-36(41)67-6)32-25-50-45(53-46(32)58)35-20-27(3)55-60(35)8-2/h9-10,12-13,20-26H,7-8,11,14-19H2,1-6H3,(H2,49,65)(H,52,54,66)/b10-9+. The lowest BCUT2D eigenvalue weighted by Gasteiger charge is -2.19. The van der Waals surface area contributed by atoms with Gasteiger partial charge < -0.3 is 33.7 Å². The number of hydrogen-bond donors (Lipinski definition) is 2. The number of carbonyl (C=O) groups excluding carboxylic acids is 6. The molecule has 0 spiro atoms. The van der Waals surface area contributed by atoms with E-state index in [2.05, 4.69) is 15.4 Å². The number of nitrogens with zero attached hydrogens (tertiary/aromatic N) is 10. The average molecular weight is 939 g/mol. The summed E-state index contributed by atoms with van der Waals surface area (Å²) in [6.07, 6.45) is 9.32. The first-order valence-corrected chi connectivity index (χ1v) is 22.3. The lowest BCUT2D eigenvalue weighted by Crippen LogP contribution is -2.36. The Hall–Kier alpha value is -8.49. The molecular formula is C48H50N12O9. The second kappa shape index (κ2) is 19.8. The Morgan fingerprint density at radius 3 is 2.38 bits per heavy atom. The second-order valence-corrected chi connectivity index (χ2v) is 16.2. The number of allylic oxidation sites excluding steroid dienone is 2. The molecule has 0 unspecified atom stereocenters. The van der Waals surface area contributed by atoms with Gasteiger partial charge in [-0.2, -0.15) is 5.10 Å². The third-order valence-corrected chi connectivity index (χ3v) is 11.6. The van der Waals surface area contributed by atoms with Gasteiger partial charge in [0.1, 0.15) is 34.6 Å². The molecule has 6 heterocycles. The van der Waals surface area contributed by atoms with Crippen LogP contribution in [0.3, 0.4) is 0 Å². The number of imide groups is 1. The number of carbonyl (C=O) groups is 6. The molecule has 5 amide bonds. The van der Waals surface area contributed by atoms with Crippen molar-refractivity contribution < 1.29 is 42.7 Å². The third kappa shape index (κ3) is 9.42. The van der Waals surface area contributed by atoms with Crippen molar-refractivity contribution in [2.45, 2.75) is 66.6 Å². The normalized spacial score (nSPS) is 12.6. The smallest absolute Gasteiger partial charge is 0.295 e. The van der Waals surface area contributed by atoms with Crippen molar-refractivity contribution >= 4 is 74.7 Å². The zero-order chi connectivity index (χ0) is 49.1. The maximum Gasteiger partial charge on any atom is 0.295 e. The number of amides is 5. The van der Waals surface area contributed by atoms with E-state index in [1.54, 1.807) is 49.0 Å². The van der Waals surface area contributed by atoms with Crippen LogP contribution in [0.4, 0.5) is 5.95 Å². The molecule has 0 aliphatic carbocycles. The number of aromatic nitrogens is 8. The molecular weight excluding hydrogens is 889 g/mol. The van der Waals surface area contributed by atoms with Gasteiger partial charge in [-0.25, -0.2) is 19.9 Å². The van der Waals surface area contributed by atoms with Crippen molar-refractivity contribution in [1.82, 2.24) is 48.7 Å². The fraction of sp³-hybridized carbons (Fsp3) is 0.312. The summed E-state index contributed by atoms with van der Waals surface area (Å²) >= 11 is 0. The van der Waals surface area contributed by atoms with Crippen LogP contribution in [0.5, 0.6) is 11.5 Å². The van der Waals surface area contributed by atoms with E-state index in [4.69, 9.17) is 34.6 Å². The lowest BCUT2D eigenvalue weighted by atomic mass is 10.1. The number of nitrogens with one attached hydrogen (secondary N) is 1. The van der Waals surface area contributed by atoms with E-state index in [0.717, 1.165) is 16.3 Å². The molecule has 0 fully saturated rings. The number of imidazole rings is 1. The summed E-state index contributed by atoms with van der Waals surface area (Å²) in [5.74, 6) is -0.689. The van der Waals surface area contributed by atoms with Crippen LogP contribution in [0.2, 0.25) is 0 Å². The Labute approximate surface area is 394 Å². The Bertz CT molecular complexity index is 3250. The number of ether oxygens (including phenoxy) is 2. The van der Waals surface area contributed by atoms with Gasteiger partial charge >= 0.3 is 0 Å². The molecule has 2 aromatic carbocycles. The summed E-state index contributed by atoms with van der Waals surface area (Å²) in [6, 6.07) is 8.38. The van der Waals surface area contributed by atoms with Crippen molar-refractivity contribution in [1.29, 1.82) is 0 Å². The van der Waals surface area contributed by atoms with Crippen LogP contribution in [0.1, 0.15) is 75.2 Å². The molecule has 0 atom stereocenters. The summed E-state index contributed by atoms with van der Waals surface area (Å²) in [6.45, 7) is 8.79. The molecule has 7 aromatic rings. The summed E-state index contributed by atoms with van der Waals surface area (Å²) in [7, 11) is 3.13. The van der Waals surface area contributed by atoms with Gasteiger partial charge in [-0.05, 0) is 57.0 Å². The Morgan fingerprint density at radius 1 is 0.928 bits per heavy atom. The number of aldehydes is 1. The Morgan fingerprint density at radius 2 is 1.68 bits per heavy atom. The number of hydrogen-bond acceptors (Lipinski definition) is 14. The van der Waals surface area contributed by atoms with Crippen LogP contribution in [0.15, 0.2) is 65.2 Å². The van der Waals surface area contributed by atoms with Gasteiger partial charge in [0.15, 0.2) is 11.7 Å². The second-order valence-electron chi connectivity index (χ2n) is 16.2. The van der Waals surface area contributed by atoms with Crippen molar-refractivity contribution in [3.8, 4) is 23.0 Å². The third-order valence-electron chi connectivity index (χ3n) is 11.6. The van der Waals surface area contributed by atoms with Crippen LogP contribution in [-0.2, 0) is 40.4 Å². The Kier molecular flexibility index (Phi) is 13.5. The number of methoxy groups -OCH3 is 1. The highest BCUT2D eigenvalue weighted by molar-refractivity contribution is 6.13. The van der Waals surface area contributed by atoms with Gasteiger partial charge in [0.2, 0.25) is 23.5 Å². The van der Waals surface area contributed by atoms with Crippen LogP contribution in [-0.4, -0.2) is 118 Å². The minimum absolute atomic E-state index is 0.0280. The fourth-order valence-electron chi connectivity index (χ4n) is 8.30. The minimum atomic E-state index is -0.623. The number of fused-ring (bicyclic) bond motifs is 4. The molecule has 0 bridgehead atoms. The predicted molar refractivity (Wildman–Crippen MR) is 253 cm³/mol. The molecule has 0 radical (unpaired) electrons. The number of primary amides is 1. The number of oxazole rings is 1. The fourth-order valence-corrected chi connectivity index (χ4v) is 8.30. The number of nitrogens with two attached hydrogens (primary N) is 1. The van der Waals surface area contributed by atoms with Crippen LogP contribution >= 0.6 is 0 Å². The van der Waals surface area contributed by atoms with Crippen molar-refractivity contribution in [2.75, 3.05) is 39.2 Å². The first-order chi connectivity index (χ1) is 33.2. The first kappa shape index (κ1) is 47.0. The molecule has 21 heteroatoms. The number of benzene rings is 2. The van der Waals surface area contributed by atoms with Crippen molar-refractivity contribution in [3.63, 3.8) is 0 Å². The maximum atomic E-state index is 13.8. The lowest BCUT2D eigenvalue weighted by molar-refractivity contribution is -0.138. The van der Waals surface area contributed by atoms with E-state index < -0.39 is 23.6 Å². The SMILES string of the molecule is CCc1nc(C)oc1C(=O)Nc1nc2cc(C=O)cc(OCCCN(C)C(=O)CCN3C(=O)C=CC3=O)c2n1C/C=C/Cn1c2nc(-c3cc(C)nn3CC)ncc2c2cc(C(N)=O)cc(OC)c21. The molecule has 1 aliphatic heterocycles. The molecule has 69 heavy (non-hydrogen) atoms. The van der Waals surface area contributed by atoms with Crippen molar-refractivity contribution in [3.05, 3.63) is 95.0 Å². The largest absolute Gasteiger partial charge is 0.495 e.